The van der Waals surface area contributed by atoms with Crippen LogP contribution in [0.3, 0.4) is 0 Å². The van der Waals surface area contributed by atoms with Gasteiger partial charge in [0.25, 0.3) is 0 Å². The molecule has 6 heteroatoms. The van der Waals surface area contributed by atoms with E-state index >= 15 is 0 Å². The Morgan fingerprint density at radius 1 is 1.26 bits per heavy atom. The van der Waals surface area contributed by atoms with E-state index in [-0.39, 0.29) is 0 Å². The van der Waals surface area contributed by atoms with Crippen molar-refractivity contribution in [3.05, 3.63) is 24.3 Å². The van der Waals surface area contributed by atoms with Crippen molar-refractivity contribution in [2.45, 2.75) is 25.2 Å². The summed E-state index contributed by atoms with van der Waals surface area (Å²) >= 11 is 0. The second kappa shape index (κ2) is 7.47. The molecule has 0 amide bonds. The molecular formula is C13H23N3O2S. The number of anilines is 1. The maximum absolute atomic E-state index is 11.9. The molecule has 4 N–H and O–H groups in total. The molecule has 0 saturated carbocycles. The molecule has 0 aromatic heterocycles. The Balaban J connectivity index is 2.65. The van der Waals surface area contributed by atoms with Gasteiger partial charge in [-0.2, -0.15) is 0 Å². The Kier molecular flexibility index (Phi) is 6.27. The molecule has 0 spiro atoms. The van der Waals surface area contributed by atoms with E-state index in [0.717, 1.165) is 18.7 Å². The molecule has 1 aromatic carbocycles. The van der Waals surface area contributed by atoms with Crippen molar-refractivity contribution in [2.24, 2.45) is 11.7 Å². The lowest BCUT2D eigenvalue weighted by molar-refractivity contribution is 0.581. The third kappa shape index (κ3) is 5.18. The van der Waals surface area contributed by atoms with Gasteiger partial charge in [0.05, 0.1) is 4.90 Å². The highest BCUT2D eigenvalue weighted by atomic mass is 32.2. The third-order valence-electron chi connectivity index (χ3n) is 2.76. The molecule has 19 heavy (non-hydrogen) atoms. The summed E-state index contributed by atoms with van der Waals surface area (Å²) in [6.45, 7) is 5.84. The molecule has 1 atom stereocenters. The zero-order valence-corrected chi connectivity index (χ0v) is 12.3. The summed E-state index contributed by atoms with van der Waals surface area (Å²) in [5.41, 5.74) is 6.43. The Morgan fingerprint density at radius 2 is 1.89 bits per heavy atom. The molecular weight excluding hydrogens is 262 g/mol. The number of hydrogen-bond acceptors (Lipinski definition) is 4. The minimum atomic E-state index is -3.37. The molecule has 0 radical (unpaired) electrons. The van der Waals surface area contributed by atoms with Crippen LogP contribution in [0.25, 0.3) is 0 Å². The number of sulfonamides is 1. The van der Waals surface area contributed by atoms with E-state index in [0.29, 0.717) is 23.9 Å². The van der Waals surface area contributed by atoms with Gasteiger partial charge in [0.2, 0.25) is 10.0 Å². The normalized spacial score (nSPS) is 13.2. The van der Waals surface area contributed by atoms with E-state index in [1.807, 2.05) is 6.92 Å². The van der Waals surface area contributed by atoms with Crippen LogP contribution in [0.1, 0.15) is 20.3 Å². The molecule has 0 bridgehead atoms. The SMILES string of the molecule is CCCNS(=O)(=O)c1ccc(NCC(C)CN)cc1. The van der Waals surface area contributed by atoms with Crippen LogP contribution in [0.2, 0.25) is 0 Å². The lowest BCUT2D eigenvalue weighted by Gasteiger charge is -2.12. The minimum absolute atomic E-state index is 0.290. The number of benzene rings is 1. The Morgan fingerprint density at radius 3 is 2.42 bits per heavy atom. The van der Waals surface area contributed by atoms with Gasteiger partial charge in [-0.15, -0.1) is 0 Å². The second-order valence-electron chi connectivity index (χ2n) is 4.64. The first-order valence-corrected chi connectivity index (χ1v) is 8.01. The van der Waals surface area contributed by atoms with E-state index in [1.54, 1.807) is 24.3 Å². The summed E-state index contributed by atoms with van der Waals surface area (Å²) in [5.74, 6) is 0.384. The number of hydrogen-bond donors (Lipinski definition) is 3. The molecule has 0 fully saturated rings. The van der Waals surface area contributed by atoms with E-state index in [1.165, 1.54) is 0 Å². The molecule has 5 nitrogen and oxygen atoms in total. The van der Waals surface area contributed by atoms with E-state index < -0.39 is 10.0 Å². The first-order chi connectivity index (χ1) is 8.99. The van der Waals surface area contributed by atoms with Crippen LogP contribution in [0.15, 0.2) is 29.2 Å². The van der Waals surface area contributed by atoms with Crippen molar-refractivity contribution in [3.8, 4) is 0 Å². The summed E-state index contributed by atoms with van der Waals surface area (Å²) in [4.78, 5) is 0.290. The summed E-state index contributed by atoms with van der Waals surface area (Å²) < 4.78 is 26.3. The van der Waals surface area contributed by atoms with E-state index in [4.69, 9.17) is 5.73 Å². The summed E-state index contributed by atoms with van der Waals surface area (Å²) in [7, 11) is -3.37. The standard InChI is InChI=1S/C13H23N3O2S/c1-3-8-16-19(17,18)13-6-4-12(5-7-13)15-10-11(2)9-14/h4-7,11,15-16H,3,8-10,14H2,1-2H3. The highest BCUT2D eigenvalue weighted by molar-refractivity contribution is 7.89. The fourth-order valence-electron chi connectivity index (χ4n) is 1.45. The van der Waals surface area contributed by atoms with Crippen molar-refractivity contribution in [3.63, 3.8) is 0 Å². The fraction of sp³-hybridized carbons (Fsp3) is 0.538. The van der Waals surface area contributed by atoms with Crippen molar-refractivity contribution in [1.82, 2.24) is 4.72 Å². The van der Waals surface area contributed by atoms with Gasteiger partial charge in [-0.25, -0.2) is 13.1 Å². The Hall–Kier alpha value is -1.11. The smallest absolute Gasteiger partial charge is 0.240 e. The van der Waals surface area contributed by atoms with Gasteiger partial charge in [0.1, 0.15) is 0 Å². The second-order valence-corrected chi connectivity index (χ2v) is 6.41. The van der Waals surface area contributed by atoms with Gasteiger partial charge >= 0.3 is 0 Å². The van der Waals surface area contributed by atoms with Crippen molar-refractivity contribution in [2.75, 3.05) is 25.0 Å². The van der Waals surface area contributed by atoms with Crippen LogP contribution in [0, 0.1) is 5.92 Å². The lowest BCUT2D eigenvalue weighted by atomic mass is 10.2. The molecule has 1 rings (SSSR count). The minimum Gasteiger partial charge on any atom is -0.385 e. The van der Waals surface area contributed by atoms with E-state index in [2.05, 4.69) is 17.0 Å². The largest absolute Gasteiger partial charge is 0.385 e. The maximum Gasteiger partial charge on any atom is 0.240 e. The summed E-state index contributed by atoms with van der Waals surface area (Å²) in [5, 5.41) is 3.22. The highest BCUT2D eigenvalue weighted by Gasteiger charge is 2.12. The molecule has 0 aliphatic carbocycles. The summed E-state index contributed by atoms with van der Waals surface area (Å²) in [6, 6.07) is 6.74. The number of rotatable bonds is 8. The molecule has 0 aliphatic rings. The predicted octanol–water partition coefficient (Wildman–Crippen LogP) is 1.38. The van der Waals surface area contributed by atoms with Crippen LogP contribution in [-0.2, 0) is 10.0 Å². The van der Waals surface area contributed by atoms with Crippen LogP contribution in [0.4, 0.5) is 5.69 Å². The maximum atomic E-state index is 11.9. The Labute approximate surface area is 115 Å². The highest BCUT2D eigenvalue weighted by Crippen LogP contribution is 2.14. The van der Waals surface area contributed by atoms with Crippen LogP contribution >= 0.6 is 0 Å². The first kappa shape index (κ1) is 15.9. The lowest BCUT2D eigenvalue weighted by Crippen LogP contribution is -2.24. The van der Waals surface area contributed by atoms with Gasteiger partial charge in [-0.1, -0.05) is 13.8 Å². The van der Waals surface area contributed by atoms with E-state index in [9.17, 15) is 8.42 Å². The summed E-state index contributed by atoms with van der Waals surface area (Å²) in [6.07, 6.45) is 0.774. The van der Waals surface area contributed by atoms with Gasteiger partial charge < -0.3 is 11.1 Å². The monoisotopic (exact) mass is 285 g/mol. The fourth-order valence-corrected chi connectivity index (χ4v) is 2.58. The third-order valence-corrected chi connectivity index (χ3v) is 4.24. The number of nitrogens with two attached hydrogens (primary N) is 1. The van der Waals surface area contributed by atoms with Gasteiger partial charge in [-0.05, 0) is 43.1 Å². The molecule has 0 saturated heterocycles. The quantitative estimate of drug-likeness (QED) is 0.674. The van der Waals surface area contributed by atoms with Gasteiger partial charge in [-0.3, -0.25) is 0 Å². The molecule has 1 aromatic rings. The molecule has 0 aliphatic heterocycles. The first-order valence-electron chi connectivity index (χ1n) is 6.53. The van der Waals surface area contributed by atoms with Crippen LogP contribution < -0.4 is 15.8 Å². The predicted molar refractivity (Wildman–Crippen MR) is 78.6 cm³/mol. The number of nitrogens with one attached hydrogen (secondary N) is 2. The average molecular weight is 285 g/mol. The Bertz CT molecular complexity index is 471. The zero-order valence-electron chi connectivity index (χ0n) is 11.5. The average Bonchev–Trinajstić information content (AvgIpc) is 2.43. The molecule has 0 heterocycles. The van der Waals surface area contributed by atoms with Crippen LogP contribution in [0.5, 0.6) is 0 Å². The van der Waals surface area contributed by atoms with Gasteiger partial charge in [0.15, 0.2) is 0 Å². The van der Waals surface area contributed by atoms with Gasteiger partial charge in [0, 0.05) is 18.8 Å². The van der Waals surface area contributed by atoms with Crippen LogP contribution in [-0.4, -0.2) is 28.1 Å². The van der Waals surface area contributed by atoms with Crippen molar-refractivity contribution < 1.29 is 8.42 Å². The van der Waals surface area contributed by atoms with Crippen molar-refractivity contribution in [1.29, 1.82) is 0 Å². The molecule has 108 valence electrons. The molecule has 1 unspecified atom stereocenters. The topological polar surface area (TPSA) is 84.2 Å². The van der Waals surface area contributed by atoms with Crippen molar-refractivity contribution >= 4 is 15.7 Å². The zero-order chi connectivity index (χ0) is 14.3.